The molecule has 4 aromatic rings. The predicted octanol–water partition coefficient (Wildman–Crippen LogP) is 5.56. The molecule has 0 aliphatic heterocycles. The molecule has 1 aromatic carbocycles. The van der Waals surface area contributed by atoms with Crippen LogP contribution in [0.2, 0.25) is 0 Å². The Kier molecular flexibility index (Phi) is 8.07. The summed E-state index contributed by atoms with van der Waals surface area (Å²) in [6.07, 6.45) is 11.3. The molecular formula is C31H32N6O2. The highest BCUT2D eigenvalue weighted by atomic mass is 16.5. The van der Waals surface area contributed by atoms with Gasteiger partial charge in [-0.1, -0.05) is 44.0 Å². The first-order valence-corrected chi connectivity index (χ1v) is 13.7. The maximum absolute atomic E-state index is 14.1. The van der Waals surface area contributed by atoms with Crippen LogP contribution in [0.3, 0.4) is 0 Å². The molecule has 0 radical (unpaired) electrons. The maximum Gasteiger partial charge on any atom is 0.264 e. The second-order valence-corrected chi connectivity index (χ2v) is 9.80. The molecule has 8 heteroatoms. The third kappa shape index (κ3) is 5.88. The molecule has 0 atom stereocenters. The lowest BCUT2D eigenvalue weighted by Gasteiger charge is -2.16. The van der Waals surface area contributed by atoms with Crippen LogP contribution in [0, 0.1) is 11.3 Å². The van der Waals surface area contributed by atoms with Gasteiger partial charge in [0.15, 0.2) is 5.75 Å². The fraction of sp³-hybridized carbons (Fsp3) is 0.355. The Morgan fingerprint density at radius 3 is 2.49 bits per heavy atom. The Balaban J connectivity index is 1.54. The molecule has 39 heavy (non-hydrogen) atoms. The summed E-state index contributed by atoms with van der Waals surface area (Å²) >= 11 is 0. The van der Waals surface area contributed by atoms with Crippen molar-refractivity contribution in [2.75, 3.05) is 6.61 Å². The summed E-state index contributed by atoms with van der Waals surface area (Å²) in [5, 5.41) is 9.47. The Labute approximate surface area is 228 Å². The molecule has 0 unspecified atom stereocenters. The molecule has 8 nitrogen and oxygen atoms in total. The molecule has 1 aliphatic rings. The number of aromatic nitrogens is 5. The molecule has 1 aliphatic carbocycles. The van der Waals surface area contributed by atoms with Gasteiger partial charge in [-0.15, -0.1) is 0 Å². The second kappa shape index (κ2) is 12.0. The Morgan fingerprint density at radius 2 is 1.82 bits per heavy atom. The Bertz CT molecular complexity index is 1530. The van der Waals surface area contributed by atoms with Crippen molar-refractivity contribution < 1.29 is 4.74 Å². The first-order valence-electron chi connectivity index (χ1n) is 13.7. The third-order valence-corrected chi connectivity index (χ3v) is 6.90. The van der Waals surface area contributed by atoms with Crippen LogP contribution in [0.4, 0.5) is 0 Å². The van der Waals surface area contributed by atoms with E-state index in [1.165, 1.54) is 0 Å². The molecule has 1 fully saturated rings. The number of ether oxygens (including phenoxy) is 1. The van der Waals surface area contributed by atoms with Crippen LogP contribution in [-0.4, -0.2) is 31.1 Å². The summed E-state index contributed by atoms with van der Waals surface area (Å²) in [6, 6.07) is 13.5. The van der Waals surface area contributed by atoms with Crippen molar-refractivity contribution >= 4 is 0 Å². The van der Waals surface area contributed by atoms with Crippen molar-refractivity contribution in [1.29, 1.82) is 5.26 Å². The molecule has 0 N–H and O–H groups in total. The van der Waals surface area contributed by atoms with Gasteiger partial charge in [-0.2, -0.15) is 5.26 Å². The number of benzene rings is 1. The topological polar surface area (TPSA) is 107 Å². The van der Waals surface area contributed by atoms with Gasteiger partial charge in [0.2, 0.25) is 5.95 Å². The zero-order valence-corrected chi connectivity index (χ0v) is 22.4. The zero-order valence-electron chi connectivity index (χ0n) is 22.4. The summed E-state index contributed by atoms with van der Waals surface area (Å²) in [5.41, 5.74) is 4.38. The first kappa shape index (κ1) is 26.2. The Hall–Kier alpha value is -4.38. The number of unbranched alkanes of at least 4 members (excludes halogenated alkanes) is 2. The number of nitriles is 1. The van der Waals surface area contributed by atoms with E-state index in [9.17, 15) is 10.1 Å². The van der Waals surface area contributed by atoms with Crippen molar-refractivity contribution in [2.45, 2.75) is 64.7 Å². The molecule has 198 valence electrons. The van der Waals surface area contributed by atoms with Crippen LogP contribution in [0.1, 0.15) is 80.1 Å². The number of rotatable bonds is 11. The highest BCUT2D eigenvalue weighted by molar-refractivity contribution is 5.67. The largest absolute Gasteiger partial charge is 0.491 e. The fourth-order valence-corrected chi connectivity index (χ4v) is 4.72. The number of hydrogen-bond acceptors (Lipinski definition) is 7. The van der Waals surface area contributed by atoms with Crippen molar-refractivity contribution in [3.05, 3.63) is 93.6 Å². The number of aryl methyl sites for hydroxylation is 1. The minimum absolute atomic E-state index is 0.124. The summed E-state index contributed by atoms with van der Waals surface area (Å²) in [6.45, 7) is 4.59. The standard InChI is InChI=1S/C31H32N6O2/c1-3-5-6-11-28-26(16-21-12-15-27(33-18-21)25-10-8-7-9-23(25)17-32)30(38)37(29(36-28)22-13-14-22)31-34-19-24(20-35-31)39-4-2/h7-10,12,15,18-20,22H,3-6,11,13-14,16H2,1-2H3. The minimum atomic E-state index is -0.124. The lowest BCUT2D eigenvalue weighted by atomic mass is 10.0. The molecule has 5 rings (SSSR count). The highest BCUT2D eigenvalue weighted by Crippen LogP contribution is 2.39. The molecule has 3 heterocycles. The van der Waals surface area contributed by atoms with Crippen LogP contribution < -0.4 is 10.3 Å². The van der Waals surface area contributed by atoms with Crippen LogP contribution in [-0.2, 0) is 12.8 Å². The average molecular weight is 521 g/mol. The van der Waals surface area contributed by atoms with Gasteiger partial charge >= 0.3 is 0 Å². The van der Waals surface area contributed by atoms with Gasteiger partial charge in [0.25, 0.3) is 5.56 Å². The van der Waals surface area contributed by atoms with Gasteiger partial charge in [0, 0.05) is 29.7 Å². The SMILES string of the molecule is CCCCCc1nc(C2CC2)n(-c2ncc(OCC)cn2)c(=O)c1Cc1ccc(-c2ccccc2C#N)nc1. The molecule has 1 saturated carbocycles. The quantitative estimate of drug-likeness (QED) is 0.238. The Morgan fingerprint density at radius 1 is 1.03 bits per heavy atom. The molecule has 3 aromatic heterocycles. The van der Waals surface area contributed by atoms with E-state index < -0.39 is 0 Å². The van der Waals surface area contributed by atoms with Crippen LogP contribution in [0.15, 0.2) is 59.8 Å². The number of pyridine rings is 1. The smallest absolute Gasteiger partial charge is 0.264 e. The first-order chi connectivity index (χ1) is 19.1. The van der Waals surface area contributed by atoms with Crippen molar-refractivity contribution in [2.24, 2.45) is 0 Å². The van der Waals surface area contributed by atoms with Crippen LogP contribution in [0.5, 0.6) is 5.75 Å². The fourth-order valence-electron chi connectivity index (χ4n) is 4.72. The van der Waals surface area contributed by atoms with Gasteiger partial charge in [-0.25, -0.2) is 19.5 Å². The predicted molar refractivity (Wildman–Crippen MR) is 149 cm³/mol. The van der Waals surface area contributed by atoms with E-state index in [1.807, 2.05) is 37.3 Å². The van der Waals surface area contributed by atoms with Crippen molar-refractivity contribution in [1.82, 2.24) is 24.5 Å². The summed E-state index contributed by atoms with van der Waals surface area (Å²) in [4.78, 5) is 32.8. The normalized spacial score (nSPS) is 12.7. The van der Waals surface area contributed by atoms with E-state index in [-0.39, 0.29) is 11.5 Å². The molecule has 0 saturated heterocycles. The van der Waals surface area contributed by atoms with Gasteiger partial charge in [0.05, 0.1) is 42.0 Å². The monoisotopic (exact) mass is 520 g/mol. The second-order valence-electron chi connectivity index (χ2n) is 9.80. The van der Waals surface area contributed by atoms with Gasteiger partial charge in [0.1, 0.15) is 5.82 Å². The van der Waals surface area contributed by atoms with Crippen molar-refractivity contribution in [3.8, 4) is 29.0 Å². The molecule has 0 spiro atoms. The van der Waals surface area contributed by atoms with E-state index in [1.54, 1.807) is 29.2 Å². The van der Waals surface area contributed by atoms with E-state index in [4.69, 9.17) is 9.72 Å². The minimum Gasteiger partial charge on any atom is -0.491 e. The van der Waals surface area contributed by atoms with Crippen molar-refractivity contribution in [3.63, 3.8) is 0 Å². The lowest BCUT2D eigenvalue weighted by molar-refractivity contribution is 0.337. The van der Waals surface area contributed by atoms with Crippen LogP contribution >= 0.6 is 0 Å². The lowest BCUT2D eigenvalue weighted by Crippen LogP contribution is -2.30. The molecular weight excluding hydrogens is 488 g/mol. The van der Waals surface area contributed by atoms with Crippen LogP contribution in [0.25, 0.3) is 17.2 Å². The third-order valence-electron chi connectivity index (χ3n) is 6.90. The van der Waals surface area contributed by atoms with E-state index in [0.29, 0.717) is 35.9 Å². The molecule has 0 amide bonds. The maximum atomic E-state index is 14.1. The van der Waals surface area contributed by atoms with Gasteiger partial charge in [-0.05, 0) is 50.3 Å². The highest BCUT2D eigenvalue weighted by Gasteiger charge is 2.32. The summed E-state index contributed by atoms with van der Waals surface area (Å²) in [5.74, 6) is 1.88. The zero-order chi connectivity index (χ0) is 27.2. The average Bonchev–Trinajstić information content (AvgIpc) is 3.81. The van der Waals surface area contributed by atoms with E-state index in [2.05, 4.69) is 27.9 Å². The number of hydrogen-bond donors (Lipinski definition) is 0. The van der Waals surface area contributed by atoms with Gasteiger partial charge in [-0.3, -0.25) is 9.78 Å². The summed E-state index contributed by atoms with van der Waals surface area (Å²) in [7, 11) is 0. The van der Waals surface area contributed by atoms with Gasteiger partial charge < -0.3 is 4.74 Å². The number of nitrogens with zero attached hydrogens (tertiary/aromatic N) is 6. The molecule has 0 bridgehead atoms. The van der Waals surface area contributed by atoms with E-state index >= 15 is 0 Å². The summed E-state index contributed by atoms with van der Waals surface area (Å²) < 4.78 is 7.09. The van der Waals surface area contributed by atoms with E-state index in [0.717, 1.165) is 66.9 Å².